The van der Waals surface area contributed by atoms with Gasteiger partial charge in [0.15, 0.2) is 0 Å². The number of rotatable bonds is 2. The number of thiophene rings is 1. The van der Waals surface area contributed by atoms with Gasteiger partial charge in [0, 0.05) is 0 Å². The van der Waals surface area contributed by atoms with Crippen LogP contribution < -0.4 is 5.73 Å². The second kappa shape index (κ2) is 4.13. The molecule has 1 aromatic carbocycles. The van der Waals surface area contributed by atoms with Gasteiger partial charge in [-0.15, -0.1) is 0 Å². The first kappa shape index (κ1) is 10.3. The van der Waals surface area contributed by atoms with Crippen molar-refractivity contribution in [2.24, 2.45) is 5.73 Å². The number of nitrogens with two attached hydrogens (primary N) is 1. The molecule has 2 rings (SSSR count). The minimum Gasteiger partial charge on any atom is -0.320 e. The minimum atomic E-state index is -0.214. The largest absolute Gasteiger partial charge is 0.320 e. The van der Waals surface area contributed by atoms with Crippen molar-refractivity contribution in [1.82, 2.24) is 0 Å². The molecule has 15 heavy (non-hydrogen) atoms. The highest BCUT2D eigenvalue weighted by molar-refractivity contribution is 7.08. The molecule has 0 radical (unpaired) electrons. The number of aryl methyl sites for hydroxylation is 1. The Kier molecular flexibility index (Phi) is 2.84. The Bertz CT molecular complexity index is 451. The summed E-state index contributed by atoms with van der Waals surface area (Å²) in [6.45, 7) is 1.88. The molecule has 0 aliphatic carbocycles. The Hall–Kier alpha value is -1.19. The first-order valence-corrected chi connectivity index (χ1v) is 5.66. The van der Waals surface area contributed by atoms with Crippen molar-refractivity contribution in [1.29, 1.82) is 0 Å². The Labute approximate surface area is 92.4 Å². The van der Waals surface area contributed by atoms with Gasteiger partial charge >= 0.3 is 0 Å². The maximum Gasteiger partial charge on any atom is 0.123 e. The molecule has 0 fully saturated rings. The fourth-order valence-corrected chi connectivity index (χ4v) is 2.32. The summed E-state index contributed by atoms with van der Waals surface area (Å²) >= 11 is 1.62. The van der Waals surface area contributed by atoms with Crippen LogP contribution in [-0.4, -0.2) is 0 Å². The van der Waals surface area contributed by atoms with Crippen LogP contribution >= 0.6 is 11.3 Å². The molecule has 0 bridgehead atoms. The summed E-state index contributed by atoms with van der Waals surface area (Å²) in [4.78, 5) is 0. The van der Waals surface area contributed by atoms with Gasteiger partial charge < -0.3 is 5.73 Å². The highest BCUT2D eigenvalue weighted by atomic mass is 32.1. The lowest BCUT2D eigenvalue weighted by atomic mass is 9.98. The van der Waals surface area contributed by atoms with Gasteiger partial charge in [0.2, 0.25) is 0 Å². The molecule has 0 saturated carbocycles. The van der Waals surface area contributed by atoms with Crippen molar-refractivity contribution in [3.63, 3.8) is 0 Å². The van der Waals surface area contributed by atoms with Crippen LogP contribution in [0.3, 0.4) is 0 Å². The van der Waals surface area contributed by atoms with Gasteiger partial charge in [0.25, 0.3) is 0 Å². The molecule has 1 atom stereocenters. The van der Waals surface area contributed by atoms with Crippen LogP contribution in [0.5, 0.6) is 0 Å². The fourth-order valence-electron chi connectivity index (χ4n) is 1.62. The average Bonchev–Trinajstić information content (AvgIpc) is 2.69. The van der Waals surface area contributed by atoms with E-state index in [4.69, 9.17) is 5.73 Å². The molecule has 0 saturated heterocycles. The summed E-state index contributed by atoms with van der Waals surface area (Å²) in [6.07, 6.45) is 0. The van der Waals surface area contributed by atoms with E-state index in [0.717, 1.165) is 16.7 Å². The number of hydrogen-bond acceptors (Lipinski definition) is 2. The first-order chi connectivity index (χ1) is 7.18. The predicted octanol–water partition coefficient (Wildman–Crippen LogP) is 3.24. The van der Waals surface area contributed by atoms with E-state index in [2.05, 4.69) is 0 Å². The monoisotopic (exact) mass is 221 g/mol. The van der Waals surface area contributed by atoms with E-state index in [1.165, 1.54) is 12.1 Å². The van der Waals surface area contributed by atoms with Crippen molar-refractivity contribution in [2.45, 2.75) is 13.0 Å². The molecular weight excluding hydrogens is 209 g/mol. The molecule has 78 valence electrons. The highest BCUT2D eigenvalue weighted by Crippen LogP contribution is 2.24. The number of hydrogen-bond donors (Lipinski definition) is 1. The van der Waals surface area contributed by atoms with Gasteiger partial charge in [0.05, 0.1) is 6.04 Å². The summed E-state index contributed by atoms with van der Waals surface area (Å²) in [5, 5.41) is 4.02. The van der Waals surface area contributed by atoms with Crippen LogP contribution in [0.2, 0.25) is 0 Å². The van der Waals surface area contributed by atoms with E-state index < -0.39 is 0 Å². The summed E-state index contributed by atoms with van der Waals surface area (Å²) in [7, 11) is 0. The minimum absolute atomic E-state index is 0.156. The molecular formula is C12H12FNS. The Morgan fingerprint density at radius 1 is 1.33 bits per heavy atom. The molecule has 1 aromatic heterocycles. The van der Waals surface area contributed by atoms with Gasteiger partial charge in [-0.2, -0.15) is 11.3 Å². The highest BCUT2D eigenvalue weighted by Gasteiger charge is 2.11. The van der Waals surface area contributed by atoms with Crippen LogP contribution in [0.25, 0.3) is 0 Å². The smallest absolute Gasteiger partial charge is 0.123 e. The van der Waals surface area contributed by atoms with Crippen LogP contribution in [0.4, 0.5) is 4.39 Å². The standard InChI is InChI=1S/C12H12FNS/c1-8-6-10(13)2-3-11(8)12(14)9-4-5-15-7-9/h2-7,12H,14H2,1H3/t12-/m1/s1. The third-order valence-electron chi connectivity index (χ3n) is 2.47. The molecule has 2 N–H and O–H groups in total. The third kappa shape index (κ3) is 2.08. The van der Waals surface area contributed by atoms with Crippen LogP contribution in [0.1, 0.15) is 22.7 Å². The summed E-state index contributed by atoms with van der Waals surface area (Å²) in [6, 6.07) is 6.57. The zero-order chi connectivity index (χ0) is 10.8. The molecule has 0 spiro atoms. The fraction of sp³-hybridized carbons (Fsp3) is 0.167. The second-order valence-corrected chi connectivity index (χ2v) is 4.32. The van der Waals surface area contributed by atoms with Crippen molar-refractivity contribution >= 4 is 11.3 Å². The molecule has 1 heterocycles. The molecule has 0 unspecified atom stereocenters. The van der Waals surface area contributed by atoms with E-state index in [1.807, 2.05) is 23.8 Å². The Morgan fingerprint density at radius 3 is 2.73 bits per heavy atom. The zero-order valence-corrected chi connectivity index (χ0v) is 9.22. The first-order valence-electron chi connectivity index (χ1n) is 4.72. The molecule has 0 amide bonds. The van der Waals surface area contributed by atoms with Crippen molar-refractivity contribution < 1.29 is 4.39 Å². The predicted molar refractivity (Wildman–Crippen MR) is 61.5 cm³/mol. The summed E-state index contributed by atoms with van der Waals surface area (Å²) in [5.41, 5.74) is 9.05. The van der Waals surface area contributed by atoms with Crippen molar-refractivity contribution in [2.75, 3.05) is 0 Å². The lowest BCUT2D eigenvalue weighted by molar-refractivity contribution is 0.625. The van der Waals surface area contributed by atoms with E-state index in [-0.39, 0.29) is 11.9 Å². The van der Waals surface area contributed by atoms with Gasteiger partial charge in [-0.1, -0.05) is 6.07 Å². The Balaban J connectivity index is 2.38. The SMILES string of the molecule is Cc1cc(F)ccc1[C@H](N)c1ccsc1. The maximum absolute atomic E-state index is 12.9. The third-order valence-corrected chi connectivity index (χ3v) is 3.17. The number of halogens is 1. The summed E-state index contributed by atoms with van der Waals surface area (Å²) in [5.74, 6) is -0.214. The van der Waals surface area contributed by atoms with Gasteiger partial charge in [-0.3, -0.25) is 0 Å². The normalized spacial score (nSPS) is 12.7. The second-order valence-electron chi connectivity index (χ2n) is 3.54. The molecule has 2 aromatic rings. The number of benzene rings is 1. The average molecular weight is 221 g/mol. The summed E-state index contributed by atoms with van der Waals surface area (Å²) < 4.78 is 12.9. The van der Waals surface area contributed by atoms with Gasteiger partial charge in [-0.25, -0.2) is 4.39 Å². The lowest BCUT2D eigenvalue weighted by Gasteiger charge is -2.13. The van der Waals surface area contributed by atoms with E-state index >= 15 is 0 Å². The van der Waals surface area contributed by atoms with E-state index in [1.54, 1.807) is 17.4 Å². The quantitative estimate of drug-likeness (QED) is 0.827. The van der Waals surface area contributed by atoms with Gasteiger partial charge in [-0.05, 0) is 52.6 Å². The molecule has 0 aliphatic heterocycles. The Morgan fingerprint density at radius 2 is 2.13 bits per heavy atom. The maximum atomic E-state index is 12.9. The van der Waals surface area contributed by atoms with Crippen molar-refractivity contribution in [3.8, 4) is 0 Å². The molecule has 0 aliphatic rings. The topological polar surface area (TPSA) is 26.0 Å². The zero-order valence-electron chi connectivity index (χ0n) is 8.41. The van der Waals surface area contributed by atoms with E-state index in [0.29, 0.717) is 0 Å². The van der Waals surface area contributed by atoms with E-state index in [9.17, 15) is 4.39 Å². The van der Waals surface area contributed by atoms with Crippen LogP contribution in [-0.2, 0) is 0 Å². The van der Waals surface area contributed by atoms with Crippen LogP contribution in [0, 0.1) is 12.7 Å². The van der Waals surface area contributed by atoms with Gasteiger partial charge in [0.1, 0.15) is 5.82 Å². The molecule has 3 heteroatoms. The van der Waals surface area contributed by atoms with Crippen molar-refractivity contribution in [3.05, 3.63) is 57.5 Å². The lowest BCUT2D eigenvalue weighted by Crippen LogP contribution is -2.12. The van der Waals surface area contributed by atoms with Crippen LogP contribution in [0.15, 0.2) is 35.0 Å². The molecule has 1 nitrogen and oxygen atoms in total.